The molecule has 0 aliphatic heterocycles. The van der Waals surface area contributed by atoms with Crippen molar-refractivity contribution in [1.29, 1.82) is 0 Å². The second-order valence-corrected chi connectivity index (χ2v) is 8.24. The minimum atomic E-state index is -0.0497. The second kappa shape index (κ2) is 7.36. The summed E-state index contributed by atoms with van der Waals surface area (Å²) in [6, 6.07) is 12.7. The monoisotopic (exact) mass is 345 g/mol. The van der Waals surface area contributed by atoms with Gasteiger partial charge in [0, 0.05) is 35.1 Å². The third kappa shape index (κ3) is 4.16. The summed E-state index contributed by atoms with van der Waals surface area (Å²) in [7, 11) is 0. The predicted octanol–water partition coefficient (Wildman–Crippen LogP) is 5.70. The molecular formula is C23H27N3. The van der Waals surface area contributed by atoms with Crippen LogP contribution in [0.3, 0.4) is 0 Å². The molecule has 0 atom stereocenters. The van der Waals surface area contributed by atoms with Gasteiger partial charge in [0.05, 0.1) is 5.69 Å². The molecule has 0 N–H and O–H groups in total. The van der Waals surface area contributed by atoms with E-state index in [2.05, 4.69) is 74.9 Å². The largest absolute Gasteiger partial charge is 0.255 e. The van der Waals surface area contributed by atoms with Crippen LogP contribution in [0.15, 0.2) is 55.0 Å². The van der Waals surface area contributed by atoms with E-state index in [4.69, 9.17) is 4.98 Å². The van der Waals surface area contributed by atoms with Crippen molar-refractivity contribution >= 4 is 0 Å². The molecule has 3 nitrogen and oxygen atoms in total. The van der Waals surface area contributed by atoms with Crippen LogP contribution in [0.4, 0.5) is 0 Å². The van der Waals surface area contributed by atoms with Gasteiger partial charge >= 0.3 is 0 Å². The number of rotatable bonds is 4. The zero-order valence-corrected chi connectivity index (χ0v) is 16.3. The molecule has 3 heteroatoms. The lowest BCUT2D eigenvalue weighted by molar-refractivity contribution is 0.545. The van der Waals surface area contributed by atoms with E-state index in [-0.39, 0.29) is 5.41 Å². The lowest BCUT2D eigenvalue weighted by atomic mass is 9.94. The zero-order valence-electron chi connectivity index (χ0n) is 16.3. The topological polar surface area (TPSA) is 38.7 Å². The van der Waals surface area contributed by atoms with E-state index < -0.39 is 0 Å². The van der Waals surface area contributed by atoms with Crippen LogP contribution in [0.2, 0.25) is 0 Å². The van der Waals surface area contributed by atoms with Crippen LogP contribution in [-0.4, -0.2) is 15.0 Å². The summed E-state index contributed by atoms with van der Waals surface area (Å²) in [6.07, 6.45) is 6.77. The van der Waals surface area contributed by atoms with Gasteiger partial charge in [-0.3, -0.25) is 4.98 Å². The summed E-state index contributed by atoms with van der Waals surface area (Å²) in [6.45, 7) is 10.9. The molecule has 0 bridgehead atoms. The van der Waals surface area contributed by atoms with Crippen LogP contribution in [-0.2, 0) is 11.8 Å². The van der Waals surface area contributed by atoms with Crippen LogP contribution in [0.5, 0.6) is 0 Å². The number of pyridine rings is 1. The molecule has 0 saturated heterocycles. The van der Waals surface area contributed by atoms with Crippen LogP contribution in [0.25, 0.3) is 22.4 Å². The molecule has 0 fully saturated rings. The fourth-order valence-corrected chi connectivity index (χ4v) is 2.99. The number of hydrogen-bond acceptors (Lipinski definition) is 3. The van der Waals surface area contributed by atoms with Crippen LogP contribution >= 0.6 is 0 Å². The minimum Gasteiger partial charge on any atom is -0.255 e. The molecular weight excluding hydrogens is 318 g/mol. The third-order valence-electron chi connectivity index (χ3n) is 4.32. The van der Waals surface area contributed by atoms with Gasteiger partial charge < -0.3 is 0 Å². The first-order valence-corrected chi connectivity index (χ1v) is 9.22. The van der Waals surface area contributed by atoms with E-state index in [1.807, 2.05) is 24.7 Å². The molecule has 1 aromatic carbocycles. The van der Waals surface area contributed by atoms with Crippen molar-refractivity contribution in [3.8, 4) is 22.4 Å². The second-order valence-electron chi connectivity index (χ2n) is 8.24. The Hall–Kier alpha value is -2.55. The molecule has 2 aromatic heterocycles. The van der Waals surface area contributed by atoms with Gasteiger partial charge in [-0.15, -0.1) is 0 Å². The van der Waals surface area contributed by atoms with Crippen molar-refractivity contribution in [2.75, 3.05) is 0 Å². The van der Waals surface area contributed by atoms with Gasteiger partial charge in [0.15, 0.2) is 0 Å². The molecule has 2 heterocycles. The predicted molar refractivity (Wildman–Crippen MR) is 108 cm³/mol. The quantitative estimate of drug-likeness (QED) is 0.608. The summed E-state index contributed by atoms with van der Waals surface area (Å²) in [5, 5.41) is 0. The fourth-order valence-electron chi connectivity index (χ4n) is 2.99. The first-order chi connectivity index (χ1) is 12.3. The third-order valence-corrected chi connectivity index (χ3v) is 4.32. The minimum absolute atomic E-state index is 0.0497. The van der Waals surface area contributed by atoms with Crippen LogP contribution in [0.1, 0.15) is 46.0 Å². The van der Waals surface area contributed by atoms with Crippen molar-refractivity contribution in [1.82, 2.24) is 15.0 Å². The Morgan fingerprint density at radius 2 is 1.50 bits per heavy atom. The molecule has 26 heavy (non-hydrogen) atoms. The molecule has 0 unspecified atom stereocenters. The van der Waals surface area contributed by atoms with Crippen molar-refractivity contribution in [3.63, 3.8) is 0 Å². The highest BCUT2D eigenvalue weighted by Gasteiger charge is 2.17. The van der Waals surface area contributed by atoms with E-state index in [0.29, 0.717) is 5.92 Å². The first kappa shape index (κ1) is 18.2. The number of aromatic nitrogens is 3. The fraction of sp³-hybridized carbons (Fsp3) is 0.348. The summed E-state index contributed by atoms with van der Waals surface area (Å²) in [4.78, 5) is 13.8. The Balaban J connectivity index is 2.01. The summed E-state index contributed by atoms with van der Waals surface area (Å²) < 4.78 is 0. The smallest absolute Gasteiger partial charge is 0.133 e. The van der Waals surface area contributed by atoms with Crippen molar-refractivity contribution in [3.05, 3.63) is 66.4 Å². The molecule has 0 aliphatic rings. The van der Waals surface area contributed by atoms with Crippen molar-refractivity contribution in [2.24, 2.45) is 5.92 Å². The number of benzene rings is 1. The summed E-state index contributed by atoms with van der Waals surface area (Å²) in [5.74, 6) is 1.43. The molecule has 3 rings (SSSR count). The Labute approximate surface area is 156 Å². The molecule has 3 aromatic rings. The molecule has 0 amide bonds. The van der Waals surface area contributed by atoms with E-state index in [0.717, 1.165) is 23.5 Å². The summed E-state index contributed by atoms with van der Waals surface area (Å²) in [5.41, 5.74) is 5.57. The van der Waals surface area contributed by atoms with E-state index in [1.54, 1.807) is 0 Å². The molecule has 0 aliphatic carbocycles. The zero-order chi connectivity index (χ0) is 18.7. The van der Waals surface area contributed by atoms with Gasteiger partial charge in [-0.05, 0) is 29.5 Å². The average Bonchev–Trinajstić information content (AvgIpc) is 2.61. The highest BCUT2D eigenvalue weighted by atomic mass is 14.9. The lowest BCUT2D eigenvalue weighted by Crippen LogP contribution is -2.15. The molecule has 0 radical (unpaired) electrons. The van der Waals surface area contributed by atoms with Crippen LogP contribution < -0.4 is 0 Å². The van der Waals surface area contributed by atoms with Gasteiger partial charge in [-0.25, -0.2) is 9.97 Å². The first-order valence-electron chi connectivity index (χ1n) is 9.22. The lowest BCUT2D eigenvalue weighted by Gasteiger charge is -2.16. The van der Waals surface area contributed by atoms with Gasteiger partial charge in [0.25, 0.3) is 0 Å². The summed E-state index contributed by atoms with van der Waals surface area (Å²) >= 11 is 0. The van der Waals surface area contributed by atoms with Gasteiger partial charge in [0.2, 0.25) is 0 Å². The van der Waals surface area contributed by atoms with Gasteiger partial charge in [0.1, 0.15) is 5.82 Å². The standard InChI is InChI=1S/C23H27N3/c1-16(2)11-18-12-21(19-13-25-22(26-14-19)23(3,4)5)24-15-20(18)17-9-7-6-8-10-17/h6-10,12-16H,11H2,1-5H3. The van der Waals surface area contributed by atoms with E-state index in [1.165, 1.54) is 16.7 Å². The van der Waals surface area contributed by atoms with Gasteiger partial charge in [-0.2, -0.15) is 0 Å². The Morgan fingerprint density at radius 1 is 0.846 bits per heavy atom. The average molecular weight is 345 g/mol. The normalized spacial score (nSPS) is 11.8. The molecule has 0 saturated carbocycles. The van der Waals surface area contributed by atoms with Crippen molar-refractivity contribution < 1.29 is 0 Å². The van der Waals surface area contributed by atoms with E-state index in [9.17, 15) is 0 Å². The van der Waals surface area contributed by atoms with E-state index >= 15 is 0 Å². The maximum atomic E-state index is 4.71. The maximum absolute atomic E-state index is 4.71. The Morgan fingerprint density at radius 3 is 2.08 bits per heavy atom. The Kier molecular flexibility index (Phi) is 5.17. The number of hydrogen-bond donors (Lipinski definition) is 0. The van der Waals surface area contributed by atoms with Gasteiger partial charge in [-0.1, -0.05) is 65.0 Å². The number of nitrogens with zero attached hydrogens (tertiary/aromatic N) is 3. The highest BCUT2D eigenvalue weighted by molar-refractivity contribution is 5.70. The van der Waals surface area contributed by atoms with Crippen LogP contribution in [0, 0.1) is 5.92 Å². The highest BCUT2D eigenvalue weighted by Crippen LogP contribution is 2.29. The van der Waals surface area contributed by atoms with Crippen molar-refractivity contribution in [2.45, 2.75) is 46.5 Å². The maximum Gasteiger partial charge on any atom is 0.133 e. The molecule has 134 valence electrons. The SMILES string of the molecule is CC(C)Cc1cc(-c2cnc(C(C)(C)C)nc2)ncc1-c1ccccc1. The Bertz CT molecular complexity index is 860. The molecule has 0 spiro atoms.